The van der Waals surface area contributed by atoms with Crippen molar-refractivity contribution in [2.24, 2.45) is 11.8 Å². The summed E-state index contributed by atoms with van der Waals surface area (Å²) < 4.78 is 5.33. The van der Waals surface area contributed by atoms with Gasteiger partial charge in [0.1, 0.15) is 6.04 Å². The zero-order valence-corrected chi connectivity index (χ0v) is 16.0. The summed E-state index contributed by atoms with van der Waals surface area (Å²) >= 11 is 0. The molecule has 2 N–H and O–H groups in total. The molecule has 0 aromatic heterocycles. The zero-order valence-electron chi connectivity index (χ0n) is 14.4. The molecule has 0 aliphatic carbocycles. The van der Waals surface area contributed by atoms with Crippen LogP contribution in [0, 0.1) is 11.8 Å². The van der Waals surface area contributed by atoms with Gasteiger partial charge in [-0.05, 0) is 50.7 Å². The number of likely N-dealkylation sites (tertiary alicyclic amines) is 1. The quantitative estimate of drug-likeness (QED) is 0.747. The molecule has 23 heavy (non-hydrogen) atoms. The number of halogens is 2. The van der Waals surface area contributed by atoms with Crippen molar-refractivity contribution in [3.63, 3.8) is 0 Å². The standard InChI is InChI=1S/C16H31N3O2.2ClH/c1-13(2)3-7-19-8-4-14(5-9-19)11-18-16(20)15-12-21-10-6-17-15;;/h13-15,17H,3-12H2,1-2H3,(H,18,20);2*1H. The van der Waals surface area contributed by atoms with Gasteiger partial charge in [-0.2, -0.15) is 0 Å². The minimum atomic E-state index is -0.162. The van der Waals surface area contributed by atoms with Gasteiger partial charge in [-0.3, -0.25) is 4.79 Å². The predicted octanol–water partition coefficient (Wildman–Crippen LogP) is 1.69. The van der Waals surface area contributed by atoms with E-state index in [1.807, 2.05) is 0 Å². The molecular formula is C16H33Cl2N3O2. The van der Waals surface area contributed by atoms with E-state index in [1.165, 1.54) is 38.9 Å². The number of nitrogens with zero attached hydrogens (tertiary/aromatic N) is 1. The molecule has 5 nitrogen and oxygen atoms in total. The van der Waals surface area contributed by atoms with Crippen LogP contribution in [0.1, 0.15) is 33.1 Å². The summed E-state index contributed by atoms with van der Waals surface area (Å²) in [4.78, 5) is 14.6. The smallest absolute Gasteiger partial charge is 0.239 e. The lowest BCUT2D eigenvalue weighted by Crippen LogP contribution is -2.52. The minimum Gasteiger partial charge on any atom is -0.378 e. The molecule has 0 bridgehead atoms. The summed E-state index contributed by atoms with van der Waals surface area (Å²) in [6.07, 6.45) is 3.69. The Balaban J connectivity index is 0.00000242. The summed E-state index contributed by atoms with van der Waals surface area (Å²) in [5.74, 6) is 1.51. The van der Waals surface area contributed by atoms with Gasteiger partial charge in [-0.25, -0.2) is 0 Å². The van der Waals surface area contributed by atoms with Crippen molar-refractivity contribution < 1.29 is 9.53 Å². The number of hydrogen-bond donors (Lipinski definition) is 2. The first-order chi connectivity index (χ1) is 10.1. The molecule has 0 saturated carbocycles. The SMILES string of the molecule is CC(C)CCN1CCC(CNC(=O)C2COCCN2)CC1.Cl.Cl. The molecule has 2 saturated heterocycles. The third-order valence-corrected chi connectivity index (χ3v) is 4.53. The van der Waals surface area contributed by atoms with E-state index in [4.69, 9.17) is 4.74 Å². The van der Waals surface area contributed by atoms with Crippen LogP contribution in [-0.2, 0) is 9.53 Å². The fourth-order valence-corrected chi connectivity index (χ4v) is 2.96. The molecule has 7 heteroatoms. The number of rotatable bonds is 6. The average molecular weight is 370 g/mol. The van der Waals surface area contributed by atoms with Crippen LogP contribution in [0.4, 0.5) is 0 Å². The van der Waals surface area contributed by atoms with Crippen LogP contribution in [0.3, 0.4) is 0 Å². The molecule has 0 spiro atoms. The van der Waals surface area contributed by atoms with Crippen LogP contribution < -0.4 is 10.6 Å². The number of carbonyl (C=O) groups excluding carboxylic acids is 1. The lowest BCUT2D eigenvalue weighted by molar-refractivity contribution is -0.126. The van der Waals surface area contributed by atoms with Gasteiger partial charge < -0.3 is 20.3 Å². The van der Waals surface area contributed by atoms with Crippen molar-refractivity contribution in [2.45, 2.75) is 39.2 Å². The summed E-state index contributed by atoms with van der Waals surface area (Å²) in [6, 6.07) is -0.162. The maximum Gasteiger partial charge on any atom is 0.239 e. The third kappa shape index (κ3) is 8.54. The Hall–Kier alpha value is -0.0700. The number of amides is 1. The molecule has 2 aliphatic rings. The molecule has 1 amide bonds. The molecule has 0 aromatic rings. The summed E-state index contributed by atoms with van der Waals surface area (Å²) in [5.41, 5.74) is 0. The van der Waals surface area contributed by atoms with Crippen LogP contribution in [0.2, 0.25) is 0 Å². The van der Waals surface area contributed by atoms with Gasteiger partial charge in [0.25, 0.3) is 0 Å². The monoisotopic (exact) mass is 369 g/mol. The minimum absolute atomic E-state index is 0. The Morgan fingerprint density at radius 3 is 2.57 bits per heavy atom. The van der Waals surface area contributed by atoms with Crippen molar-refractivity contribution in [3.8, 4) is 0 Å². The number of ether oxygens (including phenoxy) is 1. The van der Waals surface area contributed by atoms with Crippen LogP contribution in [0.15, 0.2) is 0 Å². The number of piperidine rings is 1. The Kier molecular flexibility index (Phi) is 12.3. The topological polar surface area (TPSA) is 53.6 Å². The molecular weight excluding hydrogens is 337 g/mol. The molecule has 138 valence electrons. The van der Waals surface area contributed by atoms with Gasteiger partial charge in [-0.15, -0.1) is 24.8 Å². The molecule has 1 unspecified atom stereocenters. The van der Waals surface area contributed by atoms with Crippen LogP contribution in [0.5, 0.6) is 0 Å². The van der Waals surface area contributed by atoms with E-state index in [9.17, 15) is 4.79 Å². The highest BCUT2D eigenvalue weighted by Crippen LogP contribution is 2.17. The molecule has 2 aliphatic heterocycles. The highest BCUT2D eigenvalue weighted by atomic mass is 35.5. The Morgan fingerprint density at radius 1 is 1.30 bits per heavy atom. The Bertz CT molecular complexity index is 318. The Morgan fingerprint density at radius 2 is 2.00 bits per heavy atom. The molecule has 2 heterocycles. The molecule has 1 atom stereocenters. The summed E-state index contributed by atoms with van der Waals surface area (Å²) in [7, 11) is 0. The van der Waals surface area contributed by atoms with Crippen LogP contribution in [-0.4, -0.2) is 62.8 Å². The first-order valence-corrected chi connectivity index (χ1v) is 8.46. The van der Waals surface area contributed by atoms with Gasteiger partial charge in [0, 0.05) is 13.1 Å². The van der Waals surface area contributed by atoms with Gasteiger partial charge in [0.15, 0.2) is 0 Å². The van der Waals surface area contributed by atoms with E-state index in [1.54, 1.807) is 0 Å². The second kappa shape index (κ2) is 12.3. The number of morpholine rings is 1. The van der Waals surface area contributed by atoms with Crippen molar-refractivity contribution in [3.05, 3.63) is 0 Å². The van der Waals surface area contributed by atoms with E-state index < -0.39 is 0 Å². The van der Waals surface area contributed by atoms with Gasteiger partial charge in [-0.1, -0.05) is 13.8 Å². The Labute approximate surface area is 153 Å². The molecule has 2 fully saturated rings. The number of hydrogen-bond acceptors (Lipinski definition) is 4. The maximum atomic E-state index is 12.0. The van der Waals surface area contributed by atoms with Gasteiger partial charge in [0.2, 0.25) is 5.91 Å². The van der Waals surface area contributed by atoms with E-state index >= 15 is 0 Å². The van der Waals surface area contributed by atoms with Crippen molar-refractivity contribution in [1.82, 2.24) is 15.5 Å². The second-order valence-corrected chi connectivity index (χ2v) is 6.79. The third-order valence-electron chi connectivity index (χ3n) is 4.53. The van der Waals surface area contributed by atoms with Crippen molar-refractivity contribution >= 4 is 30.7 Å². The first-order valence-electron chi connectivity index (χ1n) is 8.46. The highest BCUT2D eigenvalue weighted by molar-refractivity contribution is 5.85. The van der Waals surface area contributed by atoms with E-state index in [2.05, 4.69) is 29.4 Å². The van der Waals surface area contributed by atoms with Gasteiger partial charge in [0.05, 0.1) is 13.2 Å². The predicted molar refractivity (Wildman–Crippen MR) is 98.7 cm³/mol. The molecule has 2 rings (SSSR count). The second-order valence-electron chi connectivity index (χ2n) is 6.79. The lowest BCUT2D eigenvalue weighted by Gasteiger charge is -2.32. The fraction of sp³-hybridized carbons (Fsp3) is 0.938. The fourth-order valence-electron chi connectivity index (χ4n) is 2.96. The first kappa shape index (κ1) is 22.9. The molecule has 0 aromatic carbocycles. The van der Waals surface area contributed by atoms with Crippen molar-refractivity contribution in [2.75, 3.05) is 45.9 Å². The lowest BCUT2D eigenvalue weighted by atomic mass is 9.96. The summed E-state index contributed by atoms with van der Waals surface area (Å²) in [6.45, 7) is 10.9. The molecule has 0 radical (unpaired) electrons. The van der Waals surface area contributed by atoms with E-state index in [0.717, 1.165) is 19.0 Å². The normalized spacial score (nSPS) is 23.0. The summed E-state index contributed by atoms with van der Waals surface area (Å²) in [5, 5.41) is 6.28. The van der Waals surface area contributed by atoms with E-state index in [0.29, 0.717) is 19.1 Å². The highest BCUT2D eigenvalue weighted by Gasteiger charge is 2.23. The van der Waals surface area contributed by atoms with Crippen molar-refractivity contribution in [1.29, 1.82) is 0 Å². The zero-order chi connectivity index (χ0) is 15.1. The number of carbonyl (C=O) groups is 1. The number of nitrogens with one attached hydrogen (secondary N) is 2. The maximum absolute atomic E-state index is 12.0. The van der Waals surface area contributed by atoms with Gasteiger partial charge >= 0.3 is 0 Å². The van der Waals surface area contributed by atoms with E-state index in [-0.39, 0.29) is 36.8 Å². The van der Waals surface area contributed by atoms with Crippen LogP contribution >= 0.6 is 24.8 Å². The van der Waals surface area contributed by atoms with Crippen LogP contribution in [0.25, 0.3) is 0 Å². The largest absolute Gasteiger partial charge is 0.378 e. The average Bonchev–Trinajstić information content (AvgIpc) is 2.52.